The summed E-state index contributed by atoms with van der Waals surface area (Å²) in [7, 11) is -3.45. The molecular weight excluding hydrogens is 288 g/mol. The van der Waals surface area contributed by atoms with Crippen molar-refractivity contribution in [2.45, 2.75) is 45.6 Å². The van der Waals surface area contributed by atoms with Crippen molar-refractivity contribution in [2.24, 2.45) is 17.6 Å². The van der Waals surface area contributed by atoms with Crippen molar-refractivity contribution >= 4 is 10.0 Å². The molecule has 0 radical (unpaired) electrons. The molecule has 21 heavy (non-hydrogen) atoms. The van der Waals surface area contributed by atoms with Gasteiger partial charge >= 0.3 is 0 Å². The summed E-state index contributed by atoms with van der Waals surface area (Å²) >= 11 is 0. The largest absolute Gasteiger partial charge is 0.329 e. The number of rotatable bonds is 5. The van der Waals surface area contributed by atoms with E-state index in [1.165, 1.54) is 0 Å². The second kappa shape index (κ2) is 6.06. The van der Waals surface area contributed by atoms with Crippen LogP contribution in [0, 0.1) is 25.7 Å². The predicted molar refractivity (Wildman–Crippen MR) is 82.5 cm³/mol. The lowest BCUT2D eigenvalue weighted by atomic mass is 9.96. The summed E-state index contributed by atoms with van der Waals surface area (Å²) in [5.74, 6) is 0.951. The molecule has 1 aliphatic heterocycles. The summed E-state index contributed by atoms with van der Waals surface area (Å²) in [6, 6.07) is 0. The average molecular weight is 314 g/mol. The summed E-state index contributed by atoms with van der Waals surface area (Å²) in [5, 5.41) is 4.32. The van der Waals surface area contributed by atoms with Crippen molar-refractivity contribution < 1.29 is 8.42 Å². The van der Waals surface area contributed by atoms with Gasteiger partial charge in [-0.25, -0.2) is 8.42 Å². The molecule has 1 aromatic heterocycles. The Balaban J connectivity index is 2.33. The first-order valence-electron chi connectivity index (χ1n) is 7.53. The van der Waals surface area contributed by atoms with E-state index >= 15 is 0 Å². The van der Waals surface area contributed by atoms with Crippen molar-refractivity contribution in [1.82, 2.24) is 14.1 Å². The van der Waals surface area contributed by atoms with Crippen molar-refractivity contribution in [1.29, 1.82) is 0 Å². The lowest BCUT2D eigenvalue weighted by molar-refractivity contribution is 0.388. The van der Waals surface area contributed by atoms with Gasteiger partial charge in [0.1, 0.15) is 4.90 Å². The standard InChI is InChI=1S/C14H26N4O2S/c1-10(2)13-5-7-17(9-13)21(19,20)14-11(3)16-18(8-6-15)12(14)4/h10,13H,5-9,15H2,1-4H3. The minimum atomic E-state index is -3.45. The van der Waals surface area contributed by atoms with Crippen LogP contribution in [0.4, 0.5) is 0 Å². The topological polar surface area (TPSA) is 81.2 Å². The normalized spacial score (nSPS) is 20.6. The molecule has 1 fully saturated rings. The van der Waals surface area contributed by atoms with Gasteiger partial charge in [-0.3, -0.25) is 4.68 Å². The monoisotopic (exact) mass is 314 g/mol. The van der Waals surface area contributed by atoms with E-state index in [1.807, 2.05) is 0 Å². The minimum Gasteiger partial charge on any atom is -0.329 e. The molecule has 120 valence electrons. The van der Waals surface area contributed by atoms with E-state index in [4.69, 9.17) is 5.73 Å². The number of nitrogens with zero attached hydrogens (tertiary/aromatic N) is 3. The molecule has 1 saturated heterocycles. The Morgan fingerprint density at radius 1 is 1.38 bits per heavy atom. The summed E-state index contributed by atoms with van der Waals surface area (Å²) in [6.45, 7) is 10.1. The quantitative estimate of drug-likeness (QED) is 0.883. The molecule has 0 aromatic carbocycles. The Kier molecular flexibility index (Phi) is 4.75. The summed E-state index contributed by atoms with van der Waals surface area (Å²) in [4.78, 5) is 0.361. The highest BCUT2D eigenvalue weighted by atomic mass is 32.2. The van der Waals surface area contributed by atoms with Gasteiger partial charge in [-0.15, -0.1) is 0 Å². The van der Waals surface area contributed by atoms with Gasteiger partial charge in [0.2, 0.25) is 10.0 Å². The smallest absolute Gasteiger partial charge is 0.246 e. The zero-order chi connectivity index (χ0) is 15.8. The molecule has 0 aliphatic carbocycles. The van der Waals surface area contributed by atoms with Crippen LogP contribution in [0.25, 0.3) is 0 Å². The molecule has 2 N–H and O–H groups in total. The number of hydrogen-bond donors (Lipinski definition) is 1. The predicted octanol–water partition coefficient (Wildman–Crippen LogP) is 1.13. The highest BCUT2D eigenvalue weighted by Crippen LogP contribution is 2.30. The third-order valence-corrected chi connectivity index (χ3v) is 6.50. The van der Waals surface area contributed by atoms with Crippen LogP contribution in [0.5, 0.6) is 0 Å². The molecule has 0 bridgehead atoms. The van der Waals surface area contributed by atoms with Crippen molar-refractivity contribution in [3.05, 3.63) is 11.4 Å². The van der Waals surface area contributed by atoms with Gasteiger partial charge in [-0.2, -0.15) is 9.40 Å². The molecule has 1 atom stereocenters. The fraction of sp³-hybridized carbons (Fsp3) is 0.786. The first kappa shape index (κ1) is 16.5. The Morgan fingerprint density at radius 2 is 2.05 bits per heavy atom. The highest BCUT2D eigenvalue weighted by molar-refractivity contribution is 7.89. The summed E-state index contributed by atoms with van der Waals surface area (Å²) in [5.41, 5.74) is 6.80. The Bertz CT molecular complexity index is 607. The molecule has 2 heterocycles. The van der Waals surface area contributed by atoms with Crippen LogP contribution in [0.3, 0.4) is 0 Å². The number of sulfonamides is 1. The molecule has 7 heteroatoms. The molecule has 1 aliphatic rings. The zero-order valence-electron chi connectivity index (χ0n) is 13.3. The van der Waals surface area contributed by atoms with E-state index in [0.717, 1.165) is 6.42 Å². The fourth-order valence-corrected chi connectivity index (χ4v) is 4.92. The number of aromatic nitrogens is 2. The molecule has 1 unspecified atom stereocenters. The van der Waals surface area contributed by atoms with Crippen LogP contribution >= 0.6 is 0 Å². The maximum atomic E-state index is 12.9. The Morgan fingerprint density at radius 3 is 2.57 bits per heavy atom. The third-order valence-electron chi connectivity index (χ3n) is 4.38. The van der Waals surface area contributed by atoms with Crippen molar-refractivity contribution in [3.63, 3.8) is 0 Å². The van der Waals surface area contributed by atoms with Gasteiger partial charge in [-0.1, -0.05) is 13.8 Å². The lowest BCUT2D eigenvalue weighted by Gasteiger charge is -2.18. The van der Waals surface area contributed by atoms with E-state index < -0.39 is 10.0 Å². The van der Waals surface area contributed by atoms with Crippen LogP contribution in [0.2, 0.25) is 0 Å². The van der Waals surface area contributed by atoms with E-state index in [-0.39, 0.29) is 0 Å². The van der Waals surface area contributed by atoms with Crippen molar-refractivity contribution in [3.8, 4) is 0 Å². The Hall–Kier alpha value is -0.920. The summed E-state index contributed by atoms with van der Waals surface area (Å²) in [6.07, 6.45) is 0.936. The second-order valence-electron chi connectivity index (χ2n) is 6.17. The molecular formula is C14H26N4O2S. The van der Waals surface area contributed by atoms with Gasteiger partial charge in [0, 0.05) is 19.6 Å². The van der Waals surface area contributed by atoms with Crippen molar-refractivity contribution in [2.75, 3.05) is 19.6 Å². The molecule has 1 aromatic rings. The number of hydrogen-bond acceptors (Lipinski definition) is 4. The van der Waals surface area contributed by atoms with Gasteiger partial charge in [0.05, 0.1) is 17.9 Å². The molecule has 0 saturated carbocycles. The Labute approximate surface area is 127 Å². The molecule has 2 rings (SSSR count). The average Bonchev–Trinajstić information content (AvgIpc) is 2.96. The van der Waals surface area contributed by atoms with Gasteiger partial charge < -0.3 is 5.73 Å². The minimum absolute atomic E-state index is 0.361. The maximum Gasteiger partial charge on any atom is 0.246 e. The van der Waals surface area contributed by atoms with Crippen LogP contribution in [0.1, 0.15) is 31.7 Å². The number of aryl methyl sites for hydroxylation is 1. The lowest BCUT2D eigenvalue weighted by Crippen LogP contribution is -2.30. The van der Waals surface area contributed by atoms with Crippen LogP contribution in [0.15, 0.2) is 4.90 Å². The fourth-order valence-electron chi connectivity index (χ4n) is 3.04. The van der Waals surface area contributed by atoms with Gasteiger partial charge in [0.25, 0.3) is 0 Å². The highest BCUT2D eigenvalue weighted by Gasteiger charge is 2.36. The number of nitrogens with two attached hydrogens (primary N) is 1. The molecule has 0 amide bonds. The second-order valence-corrected chi connectivity index (χ2v) is 8.04. The zero-order valence-corrected chi connectivity index (χ0v) is 14.2. The van der Waals surface area contributed by atoms with Gasteiger partial charge in [0.15, 0.2) is 0 Å². The van der Waals surface area contributed by atoms with E-state index in [0.29, 0.717) is 54.3 Å². The van der Waals surface area contributed by atoms with Gasteiger partial charge in [-0.05, 0) is 32.1 Å². The van der Waals surface area contributed by atoms with Crippen LogP contribution in [-0.2, 0) is 16.6 Å². The summed E-state index contributed by atoms with van der Waals surface area (Å²) < 4.78 is 29.1. The first-order chi connectivity index (χ1) is 9.78. The van der Waals surface area contributed by atoms with E-state index in [1.54, 1.807) is 22.8 Å². The van der Waals surface area contributed by atoms with Crippen LogP contribution in [-0.4, -0.2) is 42.1 Å². The maximum absolute atomic E-state index is 12.9. The SMILES string of the molecule is Cc1nn(CCN)c(C)c1S(=O)(=O)N1CCC(C(C)C)C1. The molecule has 6 nitrogen and oxygen atoms in total. The van der Waals surface area contributed by atoms with Crippen LogP contribution < -0.4 is 5.73 Å². The molecule has 0 spiro atoms. The third kappa shape index (κ3) is 3.00. The first-order valence-corrected chi connectivity index (χ1v) is 8.97. The van der Waals surface area contributed by atoms with E-state index in [2.05, 4.69) is 18.9 Å². The van der Waals surface area contributed by atoms with E-state index in [9.17, 15) is 8.42 Å².